The highest BCUT2D eigenvalue weighted by atomic mass is 32.2. The smallest absolute Gasteiger partial charge is 0.242 e. The summed E-state index contributed by atoms with van der Waals surface area (Å²) in [6, 6.07) is 16.1. The van der Waals surface area contributed by atoms with Gasteiger partial charge < -0.3 is 4.57 Å². The van der Waals surface area contributed by atoms with E-state index in [-0.39, 0.29) is 5.91 Å². The first-order valence-electron chi connectivity index (χ1n) is 8.77. The average molecular weight is 397 g/mol. The Kier molecular flexibility index (Phi) is 4.97. The summed E-state index contributed by atoms with van der Waals surface area (Å²) >= 11 is 3.13. The van der Waals surface area contributed by atoms with E-state index in [0.717, 1.165) is 32.1 Å². The van der Waals surface area contributed by atoms with Gasteiger partial charge in [-0.05, 0) is 24.3 Å². The molecule has 0 radical (unpaired) electrons. The van der Waals surface area contributed by atoms with Gasteiger partial charge in [-0.2, -0.15) is 0 Å². The minimum absolute atomic E-state index is 0.0364. The zero-order valence-corrected chi connectivity index (χ0v) is 17.0. The third kappa shape index (κ3) is 3.37. The number of anilines is 2. The van der Waals surface area contributed by atoms with Gasteiger partial charge >= 0.3 is 0 Å². The Balaban J connectivity index is 1.61. The van der Waals surface area contributed by atoms with E-state index in [1.54, 1.807) is 11.8 Å². The van der Waals surface area contributed by atoms with E-state index < -0.39 is 0 Å². The van der Waals surface area contributed by atoms with Crippen LogP contribution in [0.1, 0.15) is 25.6 Å². The number of rotatable bonds is 4. The van der Waals surface area contributed by atoms with Crippen LogP contribution < -0.4 is 4.90 Å². The largest absolute Gasteiger partial charge is 0.309 e. The van der Waals surface area contributed by atoms with Crippen molar-refractivity contribution in [3.05, 3.63) is 54.4 Å². The SMILES string of the molecule is CC(C)c1nnc(SCC(=O)N2c3ccccc3Sc3ccccc32)n1C. The molecule has 5 nitrogen and oxygen atoms in total. The molecule has 0 aliphatic carbocycles. The molecule has 0 saturated heterocycles. The van der Waals surface area contributed by atoms with Crippen molar-refractivity contribution >= 4 is 40.8 Å². The third-order valence-electron chi connectivity index (χ3n) is 4.39. The highest BCUT2D eigenvalue weighted by molar-refractivity contribution is 8.00. The average Bonchev–Trinajstić information content (AvgIpc) is 3.04. The first kappa shape index (κ1) is 18.1. The van der Waals surface area contributed by atoms with Crippen LogP contribution in [0, 0.1) is 0 Å². The Morgan fingerprint density at radius 2 is 1.63 bits per heavy atom. The second-order valence-electron chi connectivity index (χ2n) is 6.61. The van der Waals surface area contributed by atoms with Gasteiger partial charge in [0.05, 0.1) is 17.1 Å². The number of carbonyl (C=O) groups is 1. The highest BCUT2D eigenvalue weighted by Gasteiger charge is 2.28. The van der Waals surface area contributed by atoms with Gasteiger partial charge in [-0.3, -0.25) is 9.69 Å². The van der Waals surface area contributed by atoms with Crippen LogP contribution >= 0.6 is 23.5 Å². The number of aromatic nitrogens is 3. The molecule has 0 spiro atoms. The zero-order valence-electron chi connectivity index (χ0n) is 15.4. The molecular weight excluding hydrogens is 376 g/mol. The number of nitrogens with zero attached hydrogens (tertiary/aromatic N) is 4. The summed E-state index contributed by atoms with van der Waals surface area (Å²) in [5.74, 6) is 1.56. The Bertz CT molecular complexity index is 954. The number of carbonyl (C=O) groups excluding carboxylic acids is 1. The molecule has 138 valence electrons. The van der Waals surface area contributed by atoms with Crippen LogP contribution in [0.5, 0.6) is 0 Å². The van der Waals surface area contributed by atoms with Gasteiger partial charge in [0.15, 0.2) is 5.16 Å². The predicted octanol–water partition coefficient (Wildman–Crippen LogP) is 4.86. The molecule has 4 rings (SSSR count). The van der Waals surface area contributed by atoms with Gasteiger partial charge in [0.25, 0.3) is 0 Å². The molecule has 0 bridgehead atoms. The Labute approximate surface area is 167 Å². The van der Waals surface area contributed by atoms with Crippen LogP contribution in [0.4, 0.5) is 11.4 Å². The molecule has 1 aliphatic heterocycles. The fourth-order valence-electron chi connectivity index (χ4n) is 3.12. The van der Waals surface area contributed by atoms with Crippen LogP contribution in [0.25, 0.3) is 0 Å². The predicted molar refractivity (Wildman–Crippen MR) is 110 cm³/mol. The first-order valence-corrected chi connectivity index (χ1v) is 10.6. The molecule has 3 aromatic rings. The standard InChI is InChI=1S/C20H20N4OS2/c1-13(2)19-21-22-20(23(19)3)26-12-18(25)24-14-8-4-6-10-16(14)27-17-11-7-5-9-15(17)24/h4-11,13H,12H2,1-3H3. The van der Waals surface area contributed by atoms with Crippen molar-refractivity contribution < 1.29 is 4.79 Å². The molecule has 1 amide bonds. The molecule has 0 N–H and O–H groups in total. The zero-order chi connectivity index (χ0) is 19.0. The molecule has 0 saturated carbocycles. The quantitative estimate of drug-likeness (QED) is 0.590. The first-order chi connectivity index (χ1) is 13.1. The number of benzene rings is 2. The van der Waals surface area contributed by atoms with E-state index in [0.29, 0.717) is 11.7 Å². The Hall–Kier alpha value is -2.25. The summed E-state index contributed by atoms with van der Waals surface area (Å²) in [7, 11) is 1.95. The summed E-state index contributed by atoms with van der Waals surface area (Å²) in [5, 5.41) is 9.25. The molecule has 1 aromatic heterocycles. The van der Waals surface area contributed by atoms with Crippen molar-refractivity contribution in [3.8, 4) is 0 Å². The van der Waals surface area contributed by atoms with Crippen molar-refractivity contribution in [2.45, 2.75) is 34.7 Å². The molecule has 0 unspecified atom stereocenters. The second kappa shape index (κ2) is 7.40. The van der Waals surface area contributed by atoms with E-state index in [9.17, 15) is 4.79 Å². The van der Waals surface area contributed by atoms with E-state index >= 15 is 0 Å². The summed E-state index contributed by atoms with van der Waals surface area (Å²) in [6.45, 7) is 4.17. The van der Waals surface area contributed by atoms with Gasteiger partial charge in [-0.1, -0.05) is 61.6 Å². The molecular formula is C20H20N4OS2. The minimum Gasteiger partial charge on any atom is -0.309 e. The highest BCUT2D eigenvalue weighted by Crippen LogP contribution is 2.48. The normalized spacial score (nSPS) is 12.8. The Morgan fingerprint density at radius 3 is 2.19 bits per heavy atom. The van der Waals surface area contributed by atoms with Crippen molar-refractivity contribution in [2.24, 2.45) is 7.05 Å². The summed E-state index contributed by atoms with van der Waals surface area (Å²) in [4.78, 5) is 17.2. The van der Waals surface area contributed by atoms with Crippen molar-refractivity contribution in [1.82, 2.24) is 14.8 Å². The van der Waals surface area contributed by atoms with Gasteiger partial charge in [0, 0.05) is 22.8 Å². The maximum Gasteiger partial charge on any atom is 0.242 e. The molecule has 0 fully saturated rings. The number of hydrogen-bond acceptors (Lipinski definition) is 5. The van der Waals surface area contributed by atoms with E-state index in [4.69, 9.17) is 0 Å². The van der Waals surface area contributed by atoms with Crippen LogP contribution in [0.3, 0.4) is 0 Å². The summed E-state index contributed by atoms with van der Waals surface area (Å²) < 4.78 is 1.97. The molecule has 7 heteroatoms. The van der Waals surface area contributed by atoms with Crippen LogP contribution in [-0.4, -0.2) is 26.4 Å². The topological polar surface area (TPSA) is 51.0 Å². The van der Waals surface area contributed by atoms with Gasteiger partial charge in [0.2, 0.25) is 5.91 Å². The van der Waals surface area contributed by atoms with Crippen LogP contribution in [0.15, 0.2) is 63.5 Å². The fraction of sp³-hybridized carbons (Fsp3) is 0.250. The number of para-hydroxylation sites is 2. The maximum absolute atomic E-state index is 13.2. The monoisotopic (exact) mass is 396 g/mol. The minimum atomic E-state index is 0.0364. The van der Waals surface area contributed by atoms with Gasteiger partial charge in [0.1, 0.15) is 5.82 Å². The van der Waals surface area contributed by atoms with E-state index in [2.05, 4.69) is 36.2 Å². The lowest BCUT2D eigenvalue weighted by Gasteiger charge is -2.30. The van der Waals surface area contributed by atoms with Gasteiger partial charge in [-0.25, -0.2) is 0 Å². The van der Waals surface area contributed by atoms with Crippen LogP contribution in [0.2, 0.25) is 0 Å². The number of amides is 1. The molecule has 2 heterocycles. The van der Waals surface area contributed by atoms with E-state index in [1.807, 2.05) is 52.9 Å². The van der Waals surface area contributed by atoms with Crippen molar-refractivity contribution in [3.63, 3.8) is 0 Å². The Morgan fingerprint density at radius 1 is 1.04 bits per heavy atom. The lowest BCUT2D eigenvalue weighted by Crippen LogP contribution is -2.30. The molecule has 1 aliphatic rings. The van der Waals surface area contributed by atoms with Gasteiger partial charge in [-0.15, -0.1) is 10.2 Å². The second-order valence-corrected chi connectivity index (χ2v) is 8.64. The van der Waals surface area contributed by atoms with Crippen molar-refractivity contribution in [2.75, 3.05) is 10.7 Å². The number of hydrogen-bond donors (Lipinski definition) is 0. The summed E-state index contributed by atoms with van der Waals surface area (Å²) in [5.41, 5.74) is 1.88. The number of fused-ring (bicyclic) bond motifs is 2. The number of thioether (sulfide) groups is 1. The van der Waals surface area contributed by atoms with E-state index in [1.165, 1.54) is 11.8 Å². The summed E-state index contributed by atoms with van der Waals surface area (Å²) in [6.07, 6.45) is 0. The van der Waals surface area contributed by atoms with Crippen molar-refractivity contribution in [1.29, 1.82) is 0 Å². The fourth-order valence-corrected chi connectivity index (χ4v) is 4.94. The molecule has 2 aromatic carbocycles. The maximum atomic E-state index is 13.2. The van der Waals surface area contributed by atoms with Crippen LogP contribution in [-0.2, 0) is 11.8 Å². The lowest BCUT2D eigenvalue weighted by atomic mass is 10.2. The lowest BCUT2D eigenvalue weighted by molar-refractivity contribution is -0.115. The molecule has 27 heavy (non-hydrogen) atoms. The third-order valence-corrected chi connectivity index (χ3v) is 6.53. The molecule has 0 atom stereocenters.